The lowest BCUT2D eigenvalue weighted by Crippen LogP contribution is -1.85. The molecule has 3 aromatic heterocycles. The van der Waals surface area contributed by atoms with Gasteiger partial charge < -0.3 is 0 Å². The summed E-state index contributed by atoms with van der Waals surface area (Å²) < 4.78 is 1.94. The molecule has 0 bridgehead atoms. The highest BCUT2D eigenvalue weighted by molar-refractivity contribution is 5.92. The van der Waals surface area contributed by atoms with Crippen molar-refractivity contribution in [3.05, 3.63) is 78.8 Å². The zero-order valence-electron chi connectivity index (χ0n) is 12.3. The second kappa shape index (κ2) is 5.11. The standard InChI is InChI=1S/C19H15N3/c1-14-13-16(10-11-20-14)18-17-9-5-6-12-22(17)21-19(18)15-7-3-2-4-8-15/h2-13H,1H3. The van der Waals surface area contributed by atoms with Crippen LogP contribution in [0.2, 0.25) is 0 Å². The molecule has 0 aliphatic heterocycles. The Labute approximate surface area is 128 Å². The van der Waals surface area contributed by atoms with E-state index >= 15 is 0 Å². The van der Waals surface area contributed by atoms with Crippen LogP contribution in [0.1, 0.15) is 5.69 Å². The first kappa shape index (κ1) is 12.8. The summed E-state index contributed by atoms with van der Waals surface area (Å²) in [5.74, 6) is 0. The summed E-state index contributed by atoms with van der Waals surface area (Å²) in [6.45, 7) is 2.01. The third-order valence-corrected chi connectivity index (χ3v) is 3.77. The second-order valence-electron chi connectivity index (χ2n) is 5.31. The minimum atomic E-state index is 0.998. The molecule has 106 valence electrons. The smallest absolute Gasteiger partial charge is 0.101 e. The fourth-order valence-corrected chi connectivity index (χ4v) is 2.78. The molecule has 0 N–H and O–H groups in total. The van der Waals surface area contributed by atoms with E-state index in [2.05, 4.69) is 29.2 Å². The third kappa shape index (κ3) is 2.07. The monoisotopic (exact) mass is 285 g/mol. The lowest BCUT2D eigenvalue weighted by Gasteiger charge is -2.04. The van der Waals surface area contributed by atoms with Crippen LogP contribution >= 0.6 is 0 Å². The molecule has 0 saturated heterocycles. The van der Waals surface area contributed by atoms with Gasteiger partial charge in [0, 0.05) is 29.2 Å². The molecule has 0 fully saturated rings. The van der Waals surface area contributed by atoms with Crippen LogP contribution in [0.25, 0.3) is 27.9 Å². The van der Waals surface area contributed by atoms with Gasteiger partial charge in [-0.25, -0.2) is 4.52 Å². The summed E-state index contributed by atoms with van der Waals surface area (Å²) in [5.41, 5.74) is 6.52. The van der Waals surface area contributed by atoms with Crippen molar-refractivity contribution < 1.29 is 0 Å². The van der Waals surface area contributed by atoms with Crippen LogP contribution in [0.15, 0.2) is 73.1 Å². The number of fused-ring (bicyclic) bond motifs is 1. The quantitative estimate of drug-likeness (QED) is 0.547. The van der Waals surface area contributed by atoms with E-state index in [0.717, 1.165) is 33.6 Å². The van der Waals surface area contributed by atoms with Crippen molar-refractivity contribution >= 4 is 5.52 Å². The molecule has 0 atom stereocenters. The van der Waals surface area contributed by atoms with Gasteiger partial charge in [0.05, 0.1) is 5.52 Å². The maximum atomic E-state index is 4.79. The first-order valence-corrected chi connectivity index (χ1v) is 7.29. The molecule has 0 amide bonds. The van der Waals surface area contributed by atoms with E-state index in [1.807, 2.05) is 60.2 Å². The van der Waals surface area contributed by atoms with Crippen molar-refractivity contribution in [1.82, 2.24) is 14.6 Å². The summed E-state index contributed by atoms with van der Waals surface area (Å²) >= 11 is 0. The predicted octanol–water partition coefficient (Wildman–Crippen LogP) is 4.37. The summed E-state index contributed by atoms with van der Waals surface area (Å²) in [6.07, 6.45) is 3.84. The molecule has 3 nitrogen and oxygen atoms in total. The van der Waals surface area contributed by atoms with Crippen LogP contribution in [0.5, 0.6) is 0 Å². The normalized spacial score (nSPS) is 11.0. The largest absolute Gasteiger partial charge is 0.262 e. The van der Waals surface area contributed by atoms with Gasteiger partial charge in [-0.15, -0.1) is 0 Å². The Bertz CT molecular complexity index is 939. The van der Waals surface area contributed by atoms with Crippen molar-refractivity contribution in [2.24, 2.45) is 0 Å². The Balaban J connectivity index is 2.07. The number of hydrogen-bond donors (Lipinski definition) is 0. The number of aryl methyl sites for hydroxylation is 1. The summed E-state index contributed by atoms with van der Waals surface area (Å²) in [5, 5.41) is 4.79. The molecule has 22 heavy (non-hydrogen) atoms. The molecule has 0 unspecified atom stereocenters. The summed E-state index contributed by atoms with van der Waals surface area (Å²) in [4.78, 5) is 4.30. The SMILES string of the molecule is Cc1cc(-c2c(-c3ccccc3)nn3ccccc23)ccn1. The van der Waals surface area contributed by atoms with Gasteiger partial charge in [-0.2, -0.15) is 5.10 Å². The van der Waals surface area contributed by atoms with Crippen LogP contribution in [-0.4, -0.2) is 14.6 Å². The van der Waals surface area contributed by atoms with Gasteiger partial charge in [0.1, 0.15) is 5.69 Å². The second-order valence-corrected chi connectivity index (χ2v) is 5.31. The fraction of sp³-hybridized carbons (Fsp3) is 0.0526. The van der Waals surface area contributed by atoms with Crippen molar-refractivity contribution in [2.75, 3.05) is 0 Å². The summed E-state index contributed by atoms with van der Waals surface area (Å²) in [6, 6.07) is 20.6. The van der Waals surface area contributed by atoms with Crippen LogP contribution < -0.4 is 0 Å². The molecule has 0 aliphatic rings. The number of hydrogen-bond acceptors (Lipinski definition) is 2. The Kier molecular flexibility index (Phi) is 2.97. The average molecular weight is 285 g/mol. The maximum Gasteiger partial charge on any atom is 0.101 e. The van der Waals surface area contributed by atoms with Crippen molar-refractivity contribution in [3.63, 3.8) is 0 Å². The van der Waals surface area contributed by atoms with E-state index in [9.17, 15) is 0 Å². The molecule has 3 heterocycles. The van der Waals surface area contributed by atoms with E-state index in [1.54, 1.807) is 0 Å². The molecule has 0 aliphatic carbocycles. The third-order valence-electron chi connectivity index (χ3n) is 3.77. The average Bonchev–Trinajstić information content (AvgIpc) is 2.95. The van der Waals surface area contributed by atoms with E-state index in [-0.39, 0.29) is 0 Å². The van der Waals surface area contributed by atoms with Gasteiger partial charge in [-0.1, -0.05) is 36.4 Å². The predicted molar refractivity (Wildman–Crippen MR) is 88.6 cm³/mol. The van der Waals surface area contributed by atoms with Crippen LogP contribution in [0.4, 0.5) is 0 Å². The fourth-order valence-electron chi connectivity index (χ4n) is 2.78. The topological polar surface area (TPSA) is 30.2 Å². The van der Waals surface area contributed by atoms with Crippen molar-refractivity contribution in [2.45, 2.75) is 6.92 Å². The number of aromatic nitrogens is 3. The lowest BCUT2D eigenvalue weighted by molar-refractivity contribution is 0.966. The Morgan fingerprint density at radius 2 is 1.68 bits per heavy atom. The van der Waals surface area contributed by atoms with Gasteiger partial charge in [-0.3, -0.25) is 4.98 Å². The van der Waals surface area contributed by atoms with Crippen LogP contribution in [-0.2, 0) is 0 Å². The number of nitrogens with zero attached hydrogens (tertiary/aromatic N) is 3. The Hall–Kier alpha value is -2.94. The molecular weight excluding hydrogens is 270 g/mol. The lowest BCUT2D eigenvalue weighted by atomic mass is 10.00. The molecule has 3 heteroatoms. The van der Waals surface area contributed by atoms with Gasteiger partial charge in [0.25, 0.3) is 0 Å². The van der Waals surface area contributed by atoms with Crippen LogP contribution in [0.3, 0.4) is 0 Å². The number of rotatable bonds is 2. The van der Waals surface area contributed by atoms with E-state index in [0.29, 0.717) is 0 Å². The minimum absolute atomic E-state index is 0.998. The maximum absolute atomic E-state index is 4.79. The highest BCUT2D eigenvalue weighted by Crippen LogP contribution is 2.34. The van der Waals surface area contributed by atoms with Gasteiger partial charge in [-0.05, 0) is 36.8 Å². The van der Waals surface area contributed by atoms with Gasteiger partial charge in [0.15, 0.2) is 0 Å². The molecule has 0 saturated carbocycles. The van der Waals surface area contributed by atoms with E-state index in [4.69, 9.17) is 5.10 Å². The minimum Gasteiger partial charge on any atom is -0.262 e. The van der Waals surface area contributed by atoms with E-state index in [1.165, 1.54) is 0 Å². The summed E-state index contributed by atoms with van der Waals surface area (Å²) in [7, 11) is 0. The molecule has 4 aromatic rings. The Morgan fingerprint density at radius 1 is 0.864 bits per heavy atom. The zero-order chi connectivity index (χ0) is 14.9. The molecule has 0 spiro atoms. The van der Waals surface area contributed by atoms with Gasteiger partial charge in [0.2, 0.25) is 0 Å². The Morgan fingerprint density at radius 3 is 2.50 bits per heavy atom. The molecule has 1 aromatic carbocycles. The first-order valence-electron chi connectivity index (χ1n) is 7.29. The van der Waals surface area contributed by atoms with Gasteiger partial charge >= 0.3 is 0 Å². The molecular formula is C19H15N3. The number of pyridine rings is 2. The van der Waals surface area contributed by atoms with E-state index < -0.39 is 0 Å². The highest BCUT2D eigenvalue weighted by atomic mass is 15.2. The first-order chi connectivity index (χ1) is 10.8. The molecule has 4 rings (SSSR count). The highest BCUT2D eigenvalue weighted by Gasteiger charge is 2.15. The zero-order valence-corrected chi connectivity index (χ0v) is 12.3. The number of benzene rings is 1. The van der Waals surface area contributed by atoms with Crippen molar-refractivity contribution in [3.8, 4) is 22.4 Å². The van der Waals surface area contributed by atoms with Crippen molar-refractivity contribution in [1.29, 1.82) is 0 Å². The molecule has 0 radical (unpaired) electrons. The van der Waals surface area contributed by atoms with Crippen LogP contribution in [0, 0.1) is 6.92 Å².